The highest BCUT2D eigenvalue weighted by Crippen LogP contribution is 2.21. The average molecular weight is 336 g/mol. The number of nitrogens with zero attached hydrogens (tertiary/aromatic N) is 5. The number of phenols is 1. The number of benzene rings is 2. The molecule has 126 valence electrons. The molecule has 8 nitrogen and oxygen atoms in total. The minimum atomic E-state index is -0.475. The molecule has 0 spiro atoms. The van der Waals surface area contributed by atoms with Crippen molar-refractivity contribution in [3.8, 4) is 11.4 Å². The van der Waals surface area contributed by atoms with Crippen molar-refractivity contribution in [1.82, 2.24) is 25.6 Å². The van der Waals surface area contributed by atoms with Gasteiger partial charge in [-0.05, 0) is 53.6 Å². The van der Waals surface area contributed by atoms with Gasteiger partial charge in [0.2, 0.25) is 0 Å². The first kappa shape index (κ1) is 16.3. The Balaban J connectivity index is 1.79. The van der Waals surface area contributed by atoms with E-state index in [2.05, 4.69) is 26.1 Å². The Bertz CT molecular complexity index is 934. The number of aromatic nitrogens is 4. The van der Waals surface area contributed by atoms with Gasteiger partial charge in [0, 0.05) is 0 Å². The zero-order valence-corrected chi connectivity index (χ0v) is 13.7. The Labute approximate surface area is 143 Å². The van der Waals surface area contributed by atoms with Crippen LogP contribution < -0.4 is 5.43 Å². The highest BCUT2D eigenvalue weighted by atomic mass is 16.3. The summed E-state index contributed by atoms with van der Waals surface area (Å²) >= 11 is 0. The van der Waals surface area contributed by atoms with Crippen LogP contribution in [-0.2, 0) is 0 Å². The van der Waals surface area contributed by atoms with Crippen LogP contribution in [0.15, 0.2) is 53.9 Å². The highest BCUT2D eigenvalue weighted by molar-refractivity contribution is 6.02. The fourth-order valence-corrected chi connectivity index (χ4v) is 2.25. The molecule has 25 heavy (non-hydrogen) atoms. The number of amides is 1. The minimum Gasteiger partial charge on any atom is -0.507 e. The monoisotopic (exact) mass is 336 g/mol. The second-order valence-electron chi connectivity index (χ2n) is 5.41. The van der Waals surface area contributed by atoms with E-state index in [9.17, 15) is 9.90 Å². The predicted octanol–water partition coefficient (Wildman–Crippen LogP) is 1.83. The lowest BCUT2D eigenvalue weighted by Crippen LogP contribution is -2.19. The van der Waals surface area contributed by atoms with Gasteiger partial charge in [-0.2, -0.15) is 5.10 Å². The molecule has 0 aliphatic heterocycles. The van der Waals surface area contributed by atoms with Gasteiger partial charge >= 0.3 is 0 Å². The van der Waals surface area contributed by atoms with E-state index in [1.807, 2.05) is 24.3 Å². The molecule has 2 N–H and O–H groups in total. The lowest BCUT2D eigenvalue weighted by Gasteiger charge is -2.07. The first-order chi connectivity index (χ1) is 12.1. The number of carbonyl (C=O) groups is 1. The van der Waals surface area contributed by atoms with Gasteiger partial charge in [-0.25, -0.2) is 10.1 Å². The standard InChI is InChI=1S/C17H16N6O2/c1-11-5-3-8-15(16(11)24)17(25)20-19-12(2)13-6-4-7-14(9-13)23-10-18-21-22-23/h3-10,24H,1-2H3,(H,20,25)/b19-12+. The molecule has 0 aliphatic rings. The molecule has 0 saturated carbocycles. The lowest BCUT2D eigenvalue weighted by atomic mass is 10.1. The van der Waals surface area contributed by atoms with Gasteiger partial charge in [0.1, 0.15) is 12.1 Å². The Kier molecular flexibility index (Phi) is 4.51. The second-order valence-corrected chi connectivity index (χ2v) is 5.41. The molecule has 0 atom stereocenters. The Morgan fingerprint density at radius 3 is 2.80 bits per heavy atom. The van der Waals surface area contributed by atoms with Crippen LogP contribution in [0.25, 0.3) is 5.69 Å². The number of phenolic OH excluding ortho intramolecular Hbond substituents is 1. The van der Waals surface area contributed by atoms with Crippen molar-refractivity contribution in [3.63, 3.8) is 0 Å². The van der Waals surface area contributed by atoms with E-state index in [4.69, 9.17) is 0 Å². The number of hydrogen-bond donors (Lipinski definition) is 2. The van der Waals surface area contributed by atoms with Crippen LogP contribution in [0.3, 0.4) is 0 Å². The summed E-state index contributed by atoms with van der Waals surface area (Å²) in [4.78, 5) is 12.2. The van der Waals surface area contributed by atoms with E-state index in [-0.39, 0.29) is 11.3 Å². The molecule has 3 aromatic rings. The molecule has 0 fully saturated rings. The zero-order chi connectivity index (χ0) is 17.8. The van der Waals surface area contributed by atoms with Crippen molar-refractivity contribution < 1.29 is 9.90 Å². The van der Waals surface area contributed by atoms with Gasteiger partial charge < -0.3 is 5.11 Å². The Morgan fingerprint density at radius 2 is 2.04 bits per heavy atom. The Morgan fingerprint density at radius 1 is 1.24 bits per heavy atom. The summed E-state index contributed by atoms with van der Waals surface area (Å²) in [6.07, 6.45) is 1.49. The smallest absolute Gasteiger partial charge is 0.275 e. The van der Waals surface area contributed by atoms with Crippen molar-refractivity contribution in [2.24, 2.45) is 5.10 Å². The van der Waals surface area contributed by atoms with E-state index in [1.165, 1.54) is 11.0 Å². The first-order valence-corrected chi connectivity index (χ1v) is 7.53. The first-order valence-electron chi connectivity index (χ1n) is 7.53. The van der Waals surface area contributed by atoms with Gasteiger partial charge in [-0.3, -0.25) is 4.79 Å². The fourth-order valence-electron chi connectivity index (χ4n) is 2.25. The molecule has 2 aromatic carbocycles. The molecule has 1 aromatic heterocycles. The highest BCUT2D eigenvalue weighted by Gasteiger charge is 2.12. The van der Waals surface area contributed by atoms with Crippen molar-refractivity contribution in [2.45, 2.75) is 13.8 Å². The summed E-state index contributed by atoms with van der Waals surface area (Å²) in [7, 11) is 0. The van der Waals surface area contributed by atoms with Gasteiger partial charge in [0.15, 0.2) is 0 Å². The minimum absolute atomic E-state index is 0.0477. The third-order valence-electron chi connectivity index (χ3n) is 3.69. The molecule has 0 bridgehead atoms. The SMILES string of the molecule is C/C(=N\NC(=O)c1cccc(C)c1O)c1cccc(-n2cnnn2)c1. The van der Waals surface area contributed by atoms with Crippen LogP contribution in [0, 0.1) is 6.92 Å². The van der Waals surface area contributed by atoms with E-state index in [0.717, 1.165) is 11.3 Å². The summed E-state index contributed by atoms with van der Waals surface area (Å²) in [5.74, 6) is -0.522. The third-order valence-corrected chi connectivity index (χ3v) is 3.69. The maximum atomic E-state index is 12.2. The molecule has 0 radical (unpaired) electrons. The number of para-hydroxylation sites is 1. The number of rotatable bonds is 4. The zero-order valence-electron chi connectivity index (χ0n) is 13.7. The largest absolute Gasteiger partial charge is 0.507 e. The maximum Gasteiger partial charge on any atom is 0.275 e. The van der Waals surface area contributed by atoms with Crippen molar-refractivity contribution in [3.05, 3.63) is 65.5 Å². The predicted molar refractivity (Wildman–Crippen MR) is 91.7 cm³/mol. The molecule has 3 rings (SSSR count). The van der Waals surface area contributed by atoms with Gasteiger partial charge in [-0.15, -0.1) is 5.10 Å². The summed E-state index contributed by atoms with van der Waals surface area (Å²) in [6.45, 7) is 3.50. The molecular formula is C17H16N6O2. The molecular weight excluding hydrogens is 320 g/mol. The van der Waals surface area contributed by atoms with Gasteiger partial charge in [-0.1, -0.05) is 24.3 Å². The quantitative estimate of drug-likeness (QED) is 0.558. The van der Waals surface area contributed by atoms with Crippen molar-refractivity contribution in [2.75, 3.05) is 0 Å². The van der Waals surface area contributed by atoms with Crippen LogP contribution in [-0.4, -0.2) is 36.9 Å². The number of hydrogen-bond acceptors (Lipinski definition) is 6. The molecule has 0 saturated heterocycles. The van der Waals surface area contributed by atoms with Crippen LogP contribution >= 0.6 is 0 Å². The second kappa shape index (κ2) is 6.91. The molecule has 0 unspecified atom stereocenters. The van der Waals surface area contributed by atoms with Gasteiger partial charge in [0.25, 0.3) is 5.91 Å². The average Bonchev–Trinajstić information content (AvgIpc) is 3.16. The van der Waals surface area contributed by atoms with E-state index in [1.54, 1.807) is 32.0 Å². The fraction of sp³-hybridized carbons (Fsp3) is 0.118. The van der Waals surface area contributed by atoms with E-state index < -0.39 is 5.91 Å². The lowest BCUT2D eigenvalue weighted by molar-refractivity contribution is 0.0952. The van der Waals surface area contributed by atoms with Crippen LogP contribution in [0.4, 0.5) is 0 Å². The molecule has 1 heterocycles. The topological polar surface area (TPSA) is 105 Å². The summed E-state index contributed by atoms with van der Waals surface area (Å²) in [6, 6.07) is 12.4. The summed E-state index contributed by atoms with van der Waals surface area (Å²) in [5, 5.41) is 25.1. The third kappa shape index (κ3) is 3.52. The maximum absolute atomic E-state index is 12.2. The van der Waals surface area contributed by atoms with E-state index in [0.29, 0.717) is 11.3 Å². The summed E-state index contributed by atoms with van der Waals surface area (Å²) in [5.41, 5.74) is 5.46. The number of carbonyl (C=O) groups excluding carboxylic acids is 1. The number of aryl methyl sites for hydroxylation is 1. The number of aromatic hydroxyl groups is 1. The molecule has 8 heteroatoms. The molecule has 1 amide bonds. The Hall–Kier alpha value is -3.55. The number of tetrazole rings is 1. The van der Waals surface area contributed by atoms with Crippen LogP contribution in [0.1, 0.15) is 28.4 Å². The van der Waals surface area contributed by atoms with Crippen LogP contribution in [0.2, 0.25) is 0 Å². The van der Waals surface area contributed by atoms with E-state index >= 15 is 0 Å². The van der Waals surface area contributed by atoms with Crippen LogP contribution in [0.5, 0.6) is 5.75 Å². The number of nitrogens with one attached hydrogen (secondary N) is 1. The van der Waals surface area contributed by atoms with Crippen molar-refractivity contribution in [1.29, 1.82) is 0 Å². The van der Waals surface area contributed by atoms with Gasteiger partial charge in [0.05, 0.1) is 17.0 Å². The normalized spacial score (nSPS) is 11.4. The number of hydrazone groups is 1. The summed E-state index contributed by atoms with van der Waals surface area (Å²) < 4.78 is 1.53. The van der Waals surface area contributed by atoms with Crippen molar-refractivity contribution >= 4 is 11.6 Å². The molecule has 0 aliphatic carbocycles.